The molecule has 0 aliphatic heterocycles. The van der Waals surface area contributed by atoms with Crippen LogP contribution >= 0.6 is 11.6 Å². The number of benzene rings is 1. The third-order valence-electron chi connectivity index (χ3n) is 2.28. The van der Waals surface area contributed by atoms with E-state index in [1.807, 2.05) is 0 Å². The number of hydrogen-bond donors (Lipinski definition) is 2. The van der Waals surface area contributed by atoms with Gasteiger partial charge in [-0.3, -0.25) is 4.68 Å². The summed E-state index contributed by atoms with van der Waals surface area (Å²) >= 11 is 6.07. The van der Waals surface area contributed by atoms with Gasteiger partial charge in [0.25, 0.3) is 0 Å². The van der Waals surface area contributed by atoms with Gasteiger partial charge in [-0.2, -0.15) is 5.10 Å². The van der Waals surface area contributed by atoms with Gasteiger partial charge < -0.3 is 15.8 Å². The van der Waals surface area contributed by atoms with E-state index in [4.69, 9.17) is 22.1 Å². The summed E-state index contributed by atoms with van der Waals surface area (Å²) < 4.78 is 6.76. The van der Waals surface area contributed by atoms with E-state index in [9.17, 15) is 0 Å². The lowest BCUT2D eigenvalue weighted by molar-refractivity contribution is 0.415. The quantitative estimate of drug-likeness (QED) is 0.881. The fourth-order valence-electron chi connectivity index (χ4n) is 1.46. The molecule has 0 unspecified atom stereocenters. The number of nitrogens with one attached hydrogen (secondary N) is 1. The molecule has 3 N–H and O–H groups in total. The van der Waals surface area contributed by atoms with Crippen molar-refractivity contribution in [3.8, 4) is 5.75 Å². The first-order chi connectivity index (χ1) is 8.10. The highest BCUT2D eigenvalue weighted by molar-refractivity contribution is 6.33. The van der Waals surface area contributed by atoms with E-state index in [-0.39, 0.29) is 0 Å². The molecule has 0 radical (unpaired) electrons. The summed E-state index contributed by atoms with van der Waals surface area (Å²) in [5.41, 5.74) is 7.06. The molecule has 1 aromatic heterocycles. The summed E-state index contributed by atoms with van der Waals surface area (Å²) in [5.74, 6) is 1.29. The van der Waals surface area contributed by atoms with Crippen LogP contribution in [0.15, 0.2) is 24.4 Å². The molecule has 0 aliphatic carbocycles. The average Bonchev–Trinajstić information content (AvgIpc) is 2.60. The first kappa shape index (κ1) is 11.6. The van der Waals surface area contributed by atoms with Crippen molar-refractivity contribution in [2.75, 3.05) is 18.2 Å². The molecule has 2 rings (SSSR count). The molecule has 0 fully saturated rings. The molecule has 6 heteroatoms. The Morgan fingerprint density at radius 1 is 1.47 bits per heavy atom. The number of nitrogens with zero attached hydrogens (tertiary/aromatic N) is 2. The molecule has 0 spiro atoms. The highest BCUT2D eigenvalue weighted by Crippen LogP contribution is 2.30. The highest BCUT2D eigenvalue weighted by atomic mass is 35.5. The Labute approximate surface area is 104 Å². The number of hydrogen-bond acceptors (Lipinski definition) is 4. The van der Waals surface area contributed by atoms with Crippen LogP contribution in [-0.2, 0) is 7.05 Å². The van der Waals surface area contributed by atoms with E-state index in [1.54, 1.807) is 43.2 Å². The van der Waals surface area contributed by atoms with Crippen LogP contribution in [0.5, 0.6) is 5.75 Å². The van der Waals surface area contributed by atoms with Crippen LogP contribution in [0.1, 0.15) is 0 Å². The molecule has 0 saturated carbocycles. The van der Waals surface area contributed by atoms with Crippen molar-refractivity contribution in [2.24, 2.45) is 7.05 Å². The molecule has 0 saturated heterocycles. The van der Waals surface area contributed by atoms with Crippen molar-refractivity contribution < 1.29 is 4.74 Å². The number of aryl methyl sites for hydroxylation is 1. The normalized spacial score (nSPS) is 10.3. The van der Waals surface area contributed by atoms with Crippen molar-refractivity contribution in [2.45, 2.75) is 0 Å². The van der Waals surface area contributed by atoms with Crippen molar-refractivity contribution >= 4 is 28.8 Å². The molecule has 5 nitrogen and oxygen atoms in total. The van der Waals surface area contributed by atoms with Crippen LogP contribution < -0.4 is 15.8 Å². The van der Waals surface area contributed by atoms with Gasteiger partial charge in [-0.25, -0.2) is 0 Å². The summed E-state index contributed by atoms with van der Waals surface area (Å²) in [6, 6.07) is 5.33. The number of methoxy groups -OCH3 is 1. The van der Waals surface area contributed by atoms with Crippen LogP contribution in [0.3, 0.4) is 0 Å². The van der Waals surface area contributed by atoms with Crippen LogP contribution in [0.4, 0.5) is 17.2 Å². The zero-order chi connectivity index (χ0) is 12.4. The zero-order valence-corrected chi connectivity index (χ0v) is 10.3. The van der Waals surface area contributed by atoms with Gasteiger partial charge >= 0.3 is 0 Å². The highest BCUT2D eigenvalue weighted by Gasteiger charge is 2.08. The molecule has 2 aromatic rings. The average molecular weight is 253 g/mol. The van der Waals surface area contributed by atoms with Gasteiger partial charge in [-0.15, -0.1) is 0 Å². The van der Waals surface area contributed by atoms with Gasteiger partial charge in [-0.05, 0) is 12.1 Å². The fraction of sp³-hybridized carbons (Fsp3) is 0.182. The molecule has 0 aliphatic rings. The summed E-state index contributed by atoms with van der Waals surface area (Å²) in [6.45, 7) is 0. The molecule has 1 aromatic carbocycles. The zero-order valence-electron chi connectivity index (χ0n) is 9.57. The van der Waals surface area contributed by atoms with Gasteiger partial charge in [0.1, 0.15) is 5.75 Å². The van der Waals surface area contributed by atoms with Crippen LogP contribution in [0, 0.1) is 0 Å². The minimum absolute atomic E-state index is 0.561. The summed E-state index contributed by atoms with van der Waals surface area (Å²) in [4.78, 5) is 0. The molecular formula is C11H13ClN4O. The third-order valence-corrected chi connectivity index (χ3v) is 2.61. The molecular weight excluding hydrogens is 240 g/mol. The van der Waals surface area contributed by atoms with E-state index in [2.05, 4.69) is 10.4 Å². The number of anilines is 3. The SMILES string of the molecule is COc1ccc(Cl)c(Nc2nn(C)cc2N)c1. The number of rotatable bonds is 3. The van der Waals surface area contributed by atoms with E-state index in [0.29, 0.717) is 28.0 Å². The van der Waals surface area contributed by atoms with E-state index in [1.165, 1.54) is 0 Å². The summed E-state index contributed by atoms with van der Waals surface area (Å²) in [7, 11) is 3.40. The van der Waals surface area contributed by atoms with Crippen molar-refractivity contribution in [3.05, 3.63) is 29.4 Å². The number of aromatic nitrogens is 2. The Hall–Kier alpha value is -1.88. The van der Waals surface area contributed by atoms with Crippen LogP contribution in [-0.4, -0.2) is 16.9 Å². The lowest BCUT2D eigenvalue weighted by Gasteiger charge is -2.08. The molecule has 0 bridgehead atoms. The van der Waals surface area contributed by atoms with Gasteiger partial charge in [0.05, 0.1) is 23.5 Å². The van der Waals surface area contributed by atoms with Crippen molar-refractivity contribution in [1.82, 2.24) is 9.78 Å². The molecule has 17 heavy (non-hydrogen) atoms. The maximum Gasteiger partial charge on any atom is 0.175 e. The van der Waals surface area contributed by atoms with Gasteiger partial charge in [-0.1, -0.05) is 11.6 Å². The van der Waals surface area contributed by atoms with Crippen molar-refractivity contribution in [3.63, 3.8) is 0 Å². The molecule has 0 amide bonds. The first-order valence-corrected chi connectivity index (χ1v) is 5.37. The third kappa shape index (κ3) is 2.45. The lowest BCUT2D eigenvalue weighted by Crippen LogP contribution is -1.97. The largest absolute Gasteiger partial charge is 0.497 e. The Kier molecular flexibility index (Phi) is 3.10. The minimum atomic E-state index is 0.561. The molecule has 0 atom stereocenters. The second-order valence-electron chi connectivity index (χ2n) is 3.58. The number of ether oxygens (including phenoxy) is 1. The Morgan fingerprint density at radius 2 is 2.24 bits per heavy atom. The first-order valence-electron chi connectivity index (χ1n) is 5.00. The molecule has 1 heterocycles. The van der Waals surface area contributed by atoms with Crippen LogP contribution in [0.2, 0.25) is 5.02 Å². The second-order valence-corrected chi connectivity index (χ2v) is 3.98. The standard InChI is InChI=1S/C11H13ClN4O/c1-16-6-9(13)11(15-16)14-10-5-7(17-2)3-4-8(10)12/h3-6H,13H2,1-2H3,(H,14,15). The van der Waals surface area contributed by atoms with E-state index >= 15 is 0 Å². The van der Waals surface area contributed by atoms with Crippen LogP contribution in [0.25, 0.3) is 0 Å². The maximum atomic E-state index is 6.07. The second kappa shape index (κ2) is 4.55. The lowest BCUT2D eigenvalue weighted by atomic mass is 10.3. The number of halogens is 1. The molecule has 90 valence electrons. The van der Waals surface area contributed by atoms with Gasteiger partial charge in [0, 0.05) is 19.3 Å². The van der Waals surface area contributed by atoms with Crippen molar-refractivity contribution in [1.29, 1.82) is 0 Å². The summed E-state index contributed by atoms with van der Waals surface area (Å²) in [6.07, 6.45) is 1.72. The Bertz CT molecular complexity index is 538. The number of nitrogen functional groups attached to an aromatic ring is 1. The predicted octanol–water partition coefficient (Wildman–Crippen LogP) is 2.41. The monoisotopic (exact) mass is 252 g/mol. The maximum absolute atomic E-state index is 6.07. The topological polar surface area (TPSA) is 65.1 Å². The summed E-state index contributed by atoms with van der Waals surface area (Å²) in [5, 5.41) is 7.83. The Morgan fingerprint density at radius 3 is 2.82 bits per heavy atom. The minimum Gasteiger partial charge on any atom is -0.497 e. The van der Waals surface area contributed by atoms with E-state index < -0.39 is 0 Å². The smallest absolute Gasteiger partial charge is 0.175 e. The van der Waals surface area contributed by atoms with Gasteiger partial charge in [0.2, 0.25) is 0 Å². The number of nitrogens with two attached hydrogens (primary N) is 1. The van der Waals surface area contributed by atoms with Gasteiger partial charge in [0.15, 0.2) is 5.82 Å². The fourth-order valence-corrected chi connectivity index (χ4v) is 1.62. The predicted molar refractivity (Wildman–Crippen MR) is 68.9 cm³/mol. The van der Waals surface area contributed by atoms with E-state index in [0.717, 1.165) is 0 Å². The Balaban J connectivity index is 2.32.